The van der Waals surface area contributed by atoms with Crippen molar-refractivity contribution in [1.29, 1.82) is 0 Å². The average Bonchev–Trinajstić information content (AvgIpc) is 2.73. The number of nitrogens with zero attached hydrogens (tertiary/aromatic N) is 1. The molecule has 1 aromatic heterocycles. The van der Waals surface area contributed by atoms with E-state index < -0.39 is 11.2 Å². The van der Waals surface area contributed by atoms with Crippen molar-refractivity contribution in [2.24, 2.45) is 5.41 Å². The van der Waals surface area contributed by atoms with Crippen LogP contribution in [0.15, 0.2) is 81.7 Å². The highest BCUT2D eigenvalue weighted by Gasteiger charge is 2.22. The summed E-state index contributed by atoms with van der Waals surface area (Å²) < 4.78 is 7.05. The van der Waals surface area contributed by atoms with Crippen LogP contribution in [0.25, 0.3) is 16.5 Å². The van der Waals surface area contributed by atoms with Crippen LogP contribution in [0.3, 0.4) is 0 Å². The van der Waals surface area contributed by atoms with Gasteiger partial charge < -0.3 is 4.74 Å². The third kappa shape index (κ3) is 5.04. The van der Waals surface area contributed by atoms with Gasteiger partial charge in [0.05, 0.1) is 7.11 Å². The fourth-order valence-corrected chi connectivity index (χ4v) is 3.45. The SMILES string of the molecule is C#C/C(=C\C(=C(/Cc1ccc2ccccc2c1)OC)C(C)(C)C)n1ccc(=O)[nH]c1=O. The second-order valence-electron chi connectivity index (χ2n) is 8.30. The molecule has 158 valence electrons. The lowest BCUT2D eigenvalue weighted by Gasteiger charge is -2.25. The molecule has 31 heavy (non-hydrogen) atoms. The Balaban J connectivity index is 2.13. The maximum absolute atomic E-state index is 12.3. The number of ether oxygens (including phenoxy) is 1. The Labute approximate surface area is 181 Å². The number of methoxy groups -OCH3 is 1. The predicted molar refractivity (Wildman–Crippen MR) is 126 cm³/mol. The number of rotatable bonds is 5. The van der Waals surface area contributed by atoms with Crippen molar-refractivity contribution in [2.45, 2.75) is 27.2 Å². The molecule has 3 aromatic rings. The Bertz CT molecular complexity index is 1330. The average molecular weight is 415 g/mol. The Morgan fingerprint density at radius 3 is 2.45 bits per heavy atom. The second kappa shape index (κ2) is 8.93. The fourth-order valence-electron chi connectivity index (χ4n) is 3.45. The molecule has 0 aliphatic heterocycles. The van der Waals surface area contributed by atoms with Crippen LogP contribution in [-0.2, 0) is 11.2 Å². The van der Waals surface area contributed by atoms with Crippen molar-refractivity contribution in [3.8, 4) is 12.3 Å². The maximum Gasteiger partial charge on any atom is 0.333 e. The van der Waals surface area contributed by atoms with E-state index in [1.807, 2.05) is 12.1 Å². The molecule has 0 spiro atoms. The van der Waals surface area contributed by atoms with Crippen molar-refractivity contribution >= 4 is 16.5 Å². The van der Waals surface area contributed by atoms with Crippen molar-refractivity contribution in [3.05, 3.63) is 98.5 Å². The van der Waals surface area contributed by atoms with Crippen molar-refractivity contribution < 1.29 is 4.74 Å². The monoisotopic (exact) mass is 414 g/mol. The molecule has 0 unspecified atom stereocenters. The molecule has 0 saturated carbocycles. The van der Waals surface area contributed by atoms with Gasteiger partial charge in [-0.1, -0.05) is 69.2 Å². The third-order valence-electron chi connectivity index (χ3n) is 5.05. The summed E-state index contributed by atoms with van der Waals surface area (Å²) in [5.41, 5.74) is 0.926. The van der Waals surface area contributed by atoms with E-state index in [1.165, 1.54) is 22.2 Å². The normalized spacial score (nSPS) is 12.9. The lowest BCUT2D eigenvalue weighted by atomic mass is 9.83. The van der Waals surface area contributed by atoms with E-state index in [1.54, 1.807) is 13.2 Å². The van der Waals surface area contributed by atoms with Crippen LogP contribution < -0.4 is 11.2 Å². The summed E-state index contributed by atoms with van der Waals surface area (Å²) in [4.78, 5) is 25.9. The molecule has 0 atom stereocenters. The first-order valence-corrected chi connectivity index (χ1v) is 9.99. The molecule has 0 aliphatic carbocycles. The molecule has 1 N–H and O–H groups in total. The van der Waals surface area contributed by atoms with Crippen molar-refractivity contribution in [2.75, 3.05) is 7.11 Å². The van der Waals surface area contributed by atoms with Gasteiger partial charge in [-0.3, -0.25) is 14.3 Å². The standard InChI is InChI=1S/C26H26N2O3/c1-6-21(28-14-13-24(29)27-25(28)30)17-22(26(2,3)4)23(31-5)16-18-11-12-19-9-7-8-10-20(19)15-18/h1,7-15,17H,16H2,2-5H3,(H,27,29,30)/b21-17+,23-22-. The molecule has 2 aromatic carbocycles. The number of benzene rings is 2. The van der Waals surface area contributed by atoms with Crippen LogP contribution in [-0.4, -0.2) is 16.7 Å². The van der Waals surface area contributed by atoms with Gasteiger partial charge in [0.1, 0.15) is 11.5 Å². The Morgan fingerprint density at radius 2 is 1.84 bits per heavy atom. The molecular weight excluding hydrogens is 388 g/mol. The van der Waals surface area contributed by atoms with Gasteiger partial charge in [-0.05, 0) is 33.4 Å². The summed E-state index contributed by atoms with van der Waals surface area (Å²) in [5.74, 6) is 3.32. The highest BCUT2D eigenvalue weighted by molar-refractivity contribution is 5.83. The number of hydrogen-bond acceptors (Lipinski definition) is 3. The van der Waals surface area contributed by atoms with Gasteiger partial charge in [0.25, 0.3) is 5.56 Å². The molecule has 0 saturated heterocycles. The van der Waals surface area contributed by atoms with Crippen LogP contribution >= 0.6 is 0 Å². The van der Waals surface area contributed by atoms with E-state index in [0.29, 0.717) is 12.1 Å². The van der Waals surface area contributed by atoms with Crippen molar-refractivity contribution in [3.63, 3.8) is 0 Å². The number of aromatic amines is 1. The number of allylic oxidation sites excluding steroid dienone is 4. The quantitative estimate of drug-likeness (QED) is 0.383. The Kier molecular flexibility index (Phi) is 6.31. The molecule has 0 amide bonds. The van der Waals surface area contributed by atoms with E-state index in [9.17, 15) is 9.59 Å². The molecule has 0 bridgehead atoms. The molecule has 5 nitrogen and oxygen atoms in total. The van der Waals surface area contributed by atoms with Crippen LogP contribution in [0.1, 0.15) is 26.3 Å². The number of nitrogens with one attached hydrogen (secondary N) is 1. The molecule has 0 fully saturated rings. The van der Waals surface area contributed by atoms with E-state index in [4.69, 9.17) is 11.2 Å². The minimum Gasteiger partial charge on any atom is -0.500 e. The molecule has 5 heteroatoms. The first-order valence-electron chi connectivity index (χ1n) is 9.99. The van der Waals surface area contributed by atoms with Crippen LogP contribution in [0.2, 0.25) is 0 Å². The number of hydrogen-bond donors (Lipinski definition) is 1. The molecular formula is C26H26N2O3. The number of H-pyrrole nitrogens is 1. The molecule has 0 aliphatic rings. The van der Waals surface area contributed by atoms with Gasteiger partial charge in [-0.25, -0.2) is 4.79 Å². The molecule has 1 heterocycles. The first-order chi connectivity index (χ1) is 14.7. The van der Waals surface area contributed by atoms with Crippen LogP contribution in [0.5, 0.6) is 0 Å². The molecule has 0 radical (unpaired) electrons. The van der Waals surface area contributed by atoms with Gasteiger partial charge in [0, 0.05) is 18.7 Å². The number of aromatic nitrogens is 2. The van der Waals surface area contributed by atoms with Gasteiger partial charge in [-0.2, -0.15) is 0 Å². The first kappa shape index (κ1) is 21.9. The summed E-state index contributed by atoms with van der Waals surface area (Å²) >= 11 is 0. The highest BCUT2D eigenvalue weighted by Crippen LogP contribution is 2.32. The summed E-state index contributed by atoms with van der Waals surface area (Å²) in [7, 11) is 1.64. The van der Waals surface area contributed by atoms with Gasteiger partial charge in [0.2, 0.25) is 0 Å². The zero-order chi connectivity index (χ0) is 22.6. The van der Waals surface area contributed by atoms with E-state index in [0.717, 1.165) is 22.3 Å². The summed E-state index contributed by atoms with van der Waals surface area (Å²) in [5, 5.41) is 2.34. The number of fused-ring (bicyclic) bond motifs is 1. The van der Waals surface area contributed by atoms with Crippen LogP contribution in [0, 0.1) is 17.8 Å². The topological polar surface area (TPSA) is 64.1 Å². The van der Waals surface area contributed by atoms with E-state index in [-0.39, 0.29) is 5.41 Å². The Morgan fingerprint density at radius 1 is 1.13 bits per heavy atom. The lowest BCUT2D eigenvalue weighted by Crippen LogP contribution is -2.28. The van der Waals surface area contributed by atoms with E-state index in [2.05, 4.69) is 62.0 Å². The Hall–Kier alpha value is -3.78. The summed E-state index contributed by atoms with van der Waals surface area (Å²) in [6.07, 6.45) is 9.45. The van der Waals surface area contributed by atoms with E-state index >= 15 is 0 Å². The predicted octanol–water partition coefficient (Wildman–Crippen LogP) is 4.35. The van der Waals surface area contributed by atoms with Gasteiger partial charge >= 0.3 is 5.69 Å². The van der Waals surface area contributed by atoms with Gasteiger partial charge in [-0.15, -0.1) is 6.42 Å². The zero-order valence-corrected chi connectivity index (χ0v) is 18.2. The molecule has 3 rings (SSSR count). The minimum atomic E-state index is -0.585. The summed E-state index contributed by atoms with van der Waals surface area (Å²) in [6.45, 7) is 6.17. The fraction of sp³-hybridized carbons (Fsp3) is 0.231. The van der Waals surface area contributed by atoms with Gasteiger partial charge in [0.15, 0.2) is 0 Å². The second-order valence-corrected chi connectivity index (χ2v) is 8.30. The largest absolute Gasteiger partial charge is 0.500 e. The number of terminal acetylenes is 1. The van der Waals surface area contributed by atoms with Crippen molar-refractivity contribution in [1.82, 2.24) is 9.55 Å². The summed E-state index contributed by atoms with van der Waals surface area (Å²) in [6, 6.07) is 15.8. The smallest absolute Gasteiger partial charge is 0.333 e. The maximum atomic E-state index is 12.3. The minimum absolute atomic E-state index is 0.309. The van der Waals surface area contributed by atoms with Crippen LogP contribution in [0.4, 0.5) is 0 Å². The zero-order valence-electron chi connectivity index (χ0n) is 18.2. The third-order valence-corrected chi connectivity index (χ3v) is 5.05. The lowest BCUT2D eigenvalue weighted by molar-refractivity contribution is 0.269. The highest BCUT2D eigenvalue weighted by atomic mass is 16.5.